The maximum atomic E-state index is 12.0. The van der Waals surface area contributed by atoms with Crippen LogP contribution in [-0.4, -0.2) is 34.2 Å². The highest BCUT2D eigenvalue weighted by molar-refractivity contribution is 7.08. The molecule has 1 N–H and O–H groups in total. The van der Waals surface area contributed by atoms with Gasteiger partial charge in [0.05, 0.1) is 6.61 Å². The molecule has 0 radical (unpaired) electrons. The van der Waals surface area contributed by atoms with Crippen molar-refractivity contribution < 1.29 is 14.1 Å². The lowest BCUT2D eigenvalue weighted by Crippen LogP contribution is -2.25. The van der Waals surface area contributed by atoms with Crippen molar-refractivity contribution in [2.75, 3.05) is 13.2 Å². The van der Waals surface area contributed by atoms with Crippen LogP contribution >= 0.6 is 11.3 Å². The van der Waals surface area contributed by atoms with Gasteiger partial charge in [0, 0.05) is 41.9 Å². The van der Waals surface area contributed by atoms with Crippen molar-refractivity contribution in [3.63, 3.8) is 0 Å². The van der Waals surface area contributed by atoms with Crippen LogP contribution in [-0.2, 0) is 11.2 Å². The number of fused-ring (bicyclic) bond motifs is 1. The first-order chi connectivity index (χ1) is 14.3. The molecule has 0 saturated heterocycles. The molecule has 3 aromatic heterocycles. The van der Waals surface area contributed by atoms with Gasteiger partial charge in [-0.05, 0) is 30.0 Å². The third-order valence-corrected chi connectivity index (χ3v) is 4.99. The first kappa shape index (κ1) is 19.1. The van der Waals surface area contributed by atoms with E-state index in [-0.39, 0.29) is 5.91 Å². The molecule has 0 aliphatic carbocycles. The van der Waals surface area contributed by atoms with Gasteiger partial charge < -0.3 is 14.6 Å². The summed E-state index contributed by atoms with van der Waals surface area (Å²) in [6.45, 7) is 1.05. The van der Waals surface area contributed by atoms with Crippen molar-refractivity contribution in [2.24, 2.45) is 0 Å². The quantitative estimate of drug-likeness (QED) is 0.423. The topological polar surface area (TPSA) is 90.1 Å². The lowest BCUT2D eigenvalue weighted by molar-refractivity contribution is -0.121. The number of carbonyl (C=O) groups excluding carboxylic acids is 1. The molecular weight excluding hydrogens is 388 g/mol. The molecule has 0 aliphatic rings. The van der Waals surface area contributed by atoms with E-state index in [1.54, 1.807) is 17.5 Å². The van der Waals surface area contributed by atoms with Crippen molar-refractivity contribution >= 4 is 28.1 Å². The van der Waals surface area contributed by atoms with E-state index in [0.717, 1.165) is 22.2 Å². The summed E-state index contributed by atoms with van der Waals surface area (Å²) < 4.78 is 11.0. The number of aromatic nitrogens is 3. The first-order valence-electron chi connectivity index (χ1n) is 9.38. The number of hydrogen-bond acceptors (Lipinski definition) is 7. The van der Waals surface area contributed by atoms with E-state index in [0.29, 0.717) is 44.1 Å². The van der Waals surface area contributed by atoms with Crippen LogP contribution in [0.5, 0.6) is 5.75 Å². The van der Waals surface area contributed by atoms with Gasteiger partial charge in [0.25, 0.3) is 0 Å². The van der Waals surface area contributed by atoms with E-state index in [1.807, 2.05) is 47.2 Å². The molecule has 148 valence electrons. The fourth-order valence-corrected chi connectivity index (χ4v) is 3.48. The highest BCUT2D eigenvalue weighted by atomic mass is 32.1. The van der Waals surface area contributed by atoms with Gasteiger partial charge >= 0.3 is 0 Å². The van der Waals surface area contributed by atoms with Gasteiger partial charge in [-0.1, -0.05) is 23.4 Å². The smallest absolute Gasteiger partial charge is 0.227 e. The van der Waals surface area contributed by atoms with E-state index in [2.05, 4.69) is 20.4 Å². The third-order valence-electron chi connectivity index (χ3n) is 4.31. The predicted molar refractivity (Wildman–Crippen MR) is 111 cm³/mol. The Morgan fingerprint density at radius 3 is 3.03 bits per heavy atom. The summed E-state index contributed by atoms with van der Waals surface area (Å²) in [5, 5.41) is 11.8. The number of thiophene rings is 1. The number of aryl methyl sites for hydroxylation is 1. The number of para-hydroxylation sites is 1. The molecule has 0 fully saturated rings. The summed E-state index contributed by atoms with van der Waals surface area (Å²) in [6.07, 6.45) is 3.18. The van der Waals surface area contributed by atoms with Crippen molar-refractivity contribution in [3.8, 4) is 17.1 Å². The van der Waals surface area contributed by atoms with Gasteiger partial charge in [-0.2, -0.15) is 16.3 Å². The minimum absolute atomic E-state index is 0.0490. The molecule has 7 nitrogen and oxygen atoms in total. The lowest BCUT2D eigenvalue weighted by atomic mass is 10.2. The number of benzene rings is 1. The number of hydrogen-bond donors (Lipinski definition) is 1. The van der Waals surface area contributed by atoms with Crippen LogP contribution in [0.25, 0.3) is 22.3 Å². The van der Waals surface area contributed by atoms with Crippen molar-refractivity contribution in [1.82, 2.24) is 20.4 Å². The summed E-state index contributed by atoms with van der Waals surface area (Å²) in [5.41, 5.74) is 1.77. The summed E-state index contributed by atoms with van der Waals surface area (Å²) in [7, 11) is 0. The second-order valence-corrected chi connectivity index (χ2v) is 7.19. The Hall–Kier alpha value is -3.26. The Morgan fingerprint density at radius 1 is 1.21 bits per heavy atom. The van der Waals surface area contributed by atoms with Gasteiger partial charge in [-0.3, -0.25) is 9.78 Å². The largest absolute Gasteiger partial charge is 0.491 e. The van der Waals surface area contributed by atoms with Gasteiger partial charge in [-0.25, -0.2) is 0 Å². The van der Waals surface area contributed by atoms with Crippen LogP contribution in [0.1, 0.15) is 18.7 Å². The number of nitrogens with one attached hydrogen (secondary N) is 1. The summed E-state index contributed by atoms with van der Waals surface area (Å²) >= 11 is 1.57. The zero-order chi connectivity index (χ0) is 19.9. The normalized spacial score (nSPS) is 10.9. The minimum Gasteiger partial charge on any atom is -0.491 e. The number of rotatable bonds is 9. The lowest BCUT2D eigenvalue weighted by Gasteiger charge is -2.09. The van der Waals surface area contributed by atoms with Crippen LogP contribution in [0.3, 0.4) is 0 Å². The average molecular weight is 408 g/mol. The van der Waals surface area contributed by atoms with Crippen LogP contribution < -0.4 is 10.1 Å². The van der Waals surface area contributed by atoms with Gasteiger partial charge in [0.15, 0.2) is 0 Å². The molecule has 0 saturated carbocycles. The Bertz CT molecular complexity index is 1070. The number of ether oxygens (including phenoxy) is 1. The molecule has 1 amide bonds. The van der Waals surface area contributed by atoms with Crippen molar-refractivity contribution in [1.29, 1.82) is 0 Å². The Labute approximate surface area is 171 Å². The first-order valence-corrected chi connectivity index (χ1v) is 10.3. The standard InChI is InChI=1S/C21H20N4O3S/c26-18(7-8-19-24-21(25-28-19)16-9-13-29-14-16)22-11-3-12-27-17-6-1-4-15-5-2-10-23-20(15)17/h1-2,4-6,9-10,13-14H,3,7-8,11-12H2,(H,22,26). The maximum absolute atomic E-state index is 12.0. The third kappa shape index (κ3) is 4.97. The Balaban J connectivity index is 1.16. The molecule has 0 spiro atoms. The average Bonchev–Trinajstić information content (AvgIpc) is 3.44. The Morgan fingerprint density at radius 2 is 2.14 bits per heavy atom. The molecule has 29 heavy (non-hydrogen) atoms. The monoisotopic (exact) mass is 408 g/mol. The summed E-state index contributed by atoms with van der Waals surface area (Å²) in [4.78, 5) is 20.7. The number of carbonyl (C=O) groups is 1. The maximum Gasteiger partial charge on any atom is 0.227 e. The molecule has 0 aliphatic heterocycles. The highest BCUT2D eigenvalue weighted by Crippen LogP contribution is 2.23. The second-order valence-electron chi connectivity index (χ2n) is 6.41. The van der Waals surface area contributed by atoms with Crippen molar-refractivity contribution in [3.05, 3.63) is 59.2 Å². The molecular formula is C21H20N4O3S. The number of pyridine rings is 1. The van der Waals surface area contributed by atoms with E-state index >= 15 is 0 Å². The fraction of sp³-hybridized carbons (Fsp3) is 0.238. The molecule has 1 aromatic carbocycles. The van der Waals surface area contributed by atoms with Crippen LogP contribution in [0, 0.1) is 0 Å². The number of amides is 1. The van der Waals surface area contributed by atoms with E-state index in [4.69, 9.17) is 9.26 Å². The van der Waals surface area contributed by atoms with Crippen LogP contribution in [0.4, 0.5) is 0 Å². The molecule has 0 unspecified atom stereocenters. The van der Waals surface area contributed by atoms with Crippen LogP contribution in [0.15, 0.2) is 57.9 Å². The molecule has 4 aromatic rings. The zero-order valence-corrected chi connectivity index (χ0v) is 16.5. The molecule has 4 rings (SSSR count). The predicted octanol–water partition coefficient (Wildman–Crippen LogP) is 3.86. The minimum atomic E-state index is -0.0490. The van der Waals surface area contributed by atoms with E-state index in [9.17, 15) is 4.79 Å². The summed E-state index contributed by atoms with van der Waals surface area (Å²) in [5.74, 6) is 1.73. The Kier molecular flexibility index (Phi) is 6.11. The fourth-order valence-electron chi connectivity index (χ4n) is 2.85. The second kappa shape index (κ2) is 9.29. The van der Waals surface area contributed by atoms with Gasteiger partial charge in [-0.15, -0.1) is 0 Å². The van der Waals surface area contributed by atoms with E-state index < -0.39 is 0 Å². The molecule has 8 heteroatoms. The van der Waals surface area contributed by atoms with Crippen LogP contribution in [0.2, 0.25) is 0 Å². The van der Waals surface area contributed by atoms with Gasteiger partial charge in [0.1, 0.15) is 11.3 Å². The highest BCUT2D eigenvalue weighted by Gasteiger charge is 2.11. The SMILES string of the molecule is O=C(CCc1nc(-c2ccsc2)no1)NCCCOc1cccc2cccnc12. The zero-order valence-electron chi connectivity index (χ0n) is 15.7. The molecule has 0 bridgehead atoms. The van der Waals surface area contributed by atoms with Gasteiger partial charge in [0.2, 0.25) is 17.6 Å². The summed E-state index contributed by atoms with van der Waals surface area (Å²) in [6, 6.07) is 11.7. The molecule has 3 heterocycles. The van der Waals surface area contributed by atoms with Crippen molar-refractivity contribution in [2.45, 2.75) is 19.3 Å². The molecule has 0 atom stereocenters. The number of nitrogens with zero attached hydrogens (tertiary/aromatic N) is 3. The van der Waals surface area contributed by atoms with E-state index in [1.165, 1.54) is 0 Å².